The number of aromatic nitrogens is 1. The molecule has 0 radical (unpaired) electrons. The molecule has 1 atom stereocenters. The number of fused-ring (bicyclic) bond motifs is 1. The molecule has 17 heavy (non-hydrogen) atoms. The lowest BCUT2D eigenvalue weighted by Gasteiger charge is -2.21. The zero-order valence-corrected chi connectivity index (χ0v) is 11.8. The van der Waals surface area contributed by atoms with Crippen molar-refractivity contribution in [3.8, 4) is 0 Å². The maximum atomic E-state index is 4.39. The Morgan fingerprint density at radius 1 is 1.29 bits per heavy atom. The molecule has 1 fully saturated rings. The Labute approximate surface area is 118 Å². The van der Waals surface area contributed by atoms with Gasteiger partial charge in [-0.05, 0) is 31.5 Å². The summed E-state index contributed by atoms with van der Waals surface area (Å²) in [4.78, 5) is 7.00. The van der Waals surface area contributed by atoms with E-state index in [1.807, 2.05) is 23.6 Å². The first kappa shape index (κ1) is 14.7. The second-order valence-electron chi connectivity index (χ2n) is 4.05. The Bertz CT molecular complexity index is 433. The Morgan fingerprint density at radius 3 is 2.88 bits per heavy atom. The third-order valence-corrected chi connectivity index (χ3v) is 4.14. The van der Waals surface area contributed by atoms with Crippen molar-refractivity contribution in [3.63, 3.8) is 0 Å². The zero-order valence-electron chi connectivity index (χ0n) is 9.39. The molecule has 3 heterocycles. The average molecular weight is 291 g/mol. The molecule has 0 spiro atoms. The molecule has 2 aromatic rings. The van der Waals surface area contributed by atoms with Gasteiger partial charge in [-0.15, -0.1) is 36.2 Å². The molecule has 5 heteroatoms. The van der Waals surface area contributed by atoms with E-state index in [4.69, 9.17) is 0 Å². The molecule has 1 N–H and O–H groups in total. The fourth-order valence-electron chi connectivity index (χ4n) is 2.16. The molecule has 1 aliphatic rings. The van der Waals surface area contributed by atoms with Crippen LogP contribution >= 0.6 is 36.2 Å². The fraction of sp³-hybridized carbons (Fsp3) is 0.417. The van der Waals surface area contributed by atoms with Crippen LogP contribution in [-0.4, -0.2) is 11.5 Å². The number of hydrogen-bond acceptors (Lipinski definition) is 3. The van der Waals surface area contributed by atoms with Crippen molar-refractivity contribution in [3.05, 3.63) is 29.3 Å². The molecule has 0 aromatic carbocycles. The lowest BCUT2D eigenvalue weighted by atomic mass is 10.0. The van der Waals surface area contributed by atoms with Crippen molar-refractivity contribution in [1.82, 2.24) is 10.3 Å². The van der Waals surface area contributed by atoms with E-state index >= 15 is 0 Å². The van der Waals surface area contributed by atoms with Gasteiger partial charge in [0.1, 0.15) is 4.83 Å². The lowest BCUT2D eigenvalue weighted by Crippen LogP contribution is -2.25. The smallest absolute Gasteiger partial charge is 0.123 e. The minimum Gasteiger partial charge on any atom is -0.309 e. The second-order valence-corrected chi connectivity index (χ2v) is 5.11. The van der Waals surface area contributed by atoms with Crippen LogP contribution in [0.2, 0.25) is 0 Å². The first-order valence-electron chi connectivity index (χ1n) is 5.51. The van der Waals surface area contributed by atoms with Crippen LogP contribution < -0.4 is 5.32 Å². The number of nitrogens with zero attached hydrogens (tertiary/aromatic N) is 1. The van der Waals surface area contributed by atoms with Crippen LogP contribution in [0.25, 0.3) is 10.2 Å². The van der Waals surface area contributed by atoms with Gasteiger partial charge in [-0.1, -0.05) is 12.5 Å². The Hall–Kier alpha value is -0.350. The summed E-state index contributed by atoms with van der Waals surface area (Å²) in [6, 6.07) is 7.01. The number of nitrogens with one attached hydrogen (secondary N) is 1. The van der Waals surface area contributed by atoms with Crippen LogP contribution in [0.5, 0.6) is 0 Å². The maximum absolute atomic E-state index is 4.39. The summed E-state index contributed by atoms with van der Waals surface area (Å²) in [5, 5.41) is 4.86. The monoisotopic (exact) mass is 290 g/mol. The van der Waals surface area contributed by atoms with Crippen LogP contribution in [0.4, 0.5) is 0 Å². The maximum Gasteiger partial charge on any atom is 0.123 e. The van der Waals surface area contributed by atoms with Gasteiger partial charge in [0, 0.05) is 22.5 Å². The van der Waals surface area contributed by atoms with E-state index in [0.29, 0.717) is 6.04 Å². The summed E-state index contributed by atoms with van der Waals surface area (Å²) in [6.45, 7) is 1.16. The van der Waals surface area contributed by atoms with E-state index in [1.165, 1.54) is 34.4 Å². The summed E-state index contributed by atoms with van der Waals surface area (Å²) in [5.74, 6) is 0. The zero-order chi connectivity index (χ0) is 10.1. The minimum absolute atomic E-state index is 0. The molecule has 1 aliphatic heterocycles. The molecule has 2 nitrogen and oxygen atoms in total. The highest BCUT2D eigenvalue weighted by atomic mass is 35.5. The Balaban J connectivity index is 0.000000722. The number of rotatable bonds is 1. The summed E-state index contributed by atoms with van der Waals surface area (Å²) < 4.78 is 0. The van der Waals surface area contributed by atoms with E-state index in [0.717, 1.165) is 6.54 Å². The Kier molecular flexibility index (Phi) is 5.67. The summed E-state index contributed by atoms with van der Waals surface area (Å²) >= 11 is 1.83. The topological polar surface area (TPSA) is 24.9 Å². The molecule has 1 saturated heterocycles. The minimum atomic E-state index is 0. The van der Waals surface area contributed by atoms with Crippen molar-refractivity contribution in [2.24, 2.45) is 0 Å². The Morgan fingerprint density at radius 2 is 2.18 bits per heavy atom. The molecular weight excluding hydrogens is 275 g/mol. The van der Waals surface area contributed by atoms with Crippen molar-refractivity contribution < 1.29 is 0 Å². The molecule has 0 bridgehead atoms. The van der Waals surface area contributed by atoms with E-state index in [9.17, 15) is 0 Å². The van der Waals surface area contributed by atoms with E-state index in [1.54, 1.807) is 0 Å². The first-order valence-corrected chi connectivity index (χ1v) is 6.33. The van der Waals surface area contributed by atoms with E-state index in [2.05, 4.69) is 22.4 Å². The highest BCUT2D eigenvalue weighted by molar-refractivity contribution is 7.18. The van der Waals surface area contributed by atoms with Crippen molar-refractivity contribution in [2.45, 2.75) is 25.3 Å². The van der Waals surface area contributed by atoms with Gasteiger partial charge in [-0.25, -0.2) is 4.98 Å². The van der Waals surface area contributed by atoms with Crippen LogP contribution in [0.1, 0.15) is 30.2 Å². The van der Waals surface area contributed by atoms with Gasteiger partial charge in [0.2, 0.25) is 0 Å². The highest BCUT2D eigenvalue weighted by Crippen LogP contribution is 2.32. The molecule has 1 unspecified atom stereocenters. The standard InChI is InChI=1S/C12H14N2S.2ClH/c1-2-6-13-10(5-1)11-8-9-4-3-7-14-12(9)15-11;;/h3-4,7-8,10,13H,1-2,5-6H2;2*1H. The van der Waals surface area contributed by atoms with Gasteiger partial charge in [-0.2, -0.15) is 0 Å². The largest absolute Gasteiger partial charge is 0.309 e. The predicted octanol–water partition coefficient (Wildman–Crippen LogP) is 3.95. The molecule has 3 rings (SSSR count). The van der Waals surface area contributed by atoms with E-state index in [-0.39, 0.29) is 24.8 Å². The van der Waals surface area contributed by atoms with Crippen molar-refractivity contribution in [2.75, 3.05) is 6.54 Å². The van der Waals surface area contributed by atoms with Crippen LogP contribution in [0.3, 0.4) is 0 Å². The highest BCUT2D eigenvalue weighted by Gasteiger charge is 2.16. The van der Waals surface area contributed by atoms with Gasteiger partial charge in [0.05, 0.1) is 0 Å². The molecule has 0 saturated carbocycles. The van der Waals surface area contributed by atoms with Crippen molar-refractivity contribution in [1.29, 1.82) is 0 Å². The van der Waals surface area contributed by atoms with Crippen LogP contribution in [0.15, 0.2) is 24.4 Å². The molecule has 94 valence electrons. The normalized spacial score (nSPS) is 19.4. The summed E-state index contributed by atoms with van der Waals surface area (Å²) in [6.07, 6.45) is 5.81. The number of piperidine rings is 1. The third kappa shape index (κ3) is 3.10. The summed E-state index contributed by atoms with van der Waals surface area (Å²) in [7, 11) is 0. The quantitative estimate of drug-likeness (QED) is 0.860. The van der Waals surface area contributed by atoms with Crippen LogP contribution in [-0.2, 0) is 0 Å². The molecule has 2 aromatic heterocycles. The first-order chi connectivity index (χ1) is 7.43. The van der Waals surface area contributed by atoms with Gasteiger partial charge >= 0.3 is 0 Å². The number of thiophene rings is 1. The number of pyridine rings is 1. The van der Waals surface area contributed by atoms with Gasteiger partial charge in [0.15, 0.2) is 0 Å². The number of hydrogen-bond donors (Lipinski definition) is 1. The average Bonchev–Trinajstić information content (AvgIpc) is 2.74. The van der Waals surface area contributed by atoms with Gasteiger partial charge < -0.3 is 5.32 Å². The second kappa shape index (κ2) is 6.55. The third-order valence-electron chi connectivity index (χ3n) is 2.97. The summed E-state index contributed by atoms with van der Waals surface area (Å²) in [5.41, 5.74) is 0. The predicted molar refractivity (Wildman–Crippen MR) is 78.7 cm³/mol. The van der Waals surface area contributed by atoms with Gasteiger partial charge in [0.25, 0.3) is 0 Å². The SMILES string of the molecule is Cl.Cl.c1cnc2sc(C3CCCCN3)cc2c1. The molecule has 0 amide bonds. The van der Waals surface area contributed by atoms with E-state index < -0.39 is 0 Å². The fourth-order valence-corrected chi connectivity index (χ4v) is 3.27. The van der Waals surface area contributed by atoms with Crippen molar-refractivity contribution >= 4 is 46.4 Å². The molecule has 0 aliphatic carbocycles. The number of halogens is 2. The van der Waals surface area contributed by atoms with Crippen LogP contribution in [0, 0.1) is 0 Å². The van der Waals surface area contributed by atoms with Gasteiger partial charge in [-0.3, -0.25) is 0 Å². The lowest BCUT2D eigenvalue weighted by molar-refractivity contribution is 0.417. The molecular formula is C12H16Cl2N2S.